The molecule has 82 valence electrons. The third-order valence-corrected chi connectivity index (χ3v) is 2.46. The lowest BCUT2D eigenvalue weighted by molar-refractivity contribution is -0.136. The molecule has 0 aromatic carbocycles. The highest BCUT2D eigenvalue weighted by molar-refractivity contribution is 5.90. The quantitative estimate of drug-likeness (QED) is 0.516. The topological polar surface area (TPSA) is 46.6 Å². The molecular weight excluding hydrogens is 194 g/mol. The number of carbonyl (C=O) groups is 2. The molecule has 1 heterocycles. The van der Waals surface area contributed by atoms with E-state index in [2.05, 4.69) is 11.3 Å². The normalized spacial score (nSPS) is 21.7. The van der Waals surface area contributed by atoms with Gasteiger partial charge in [0.05, 0.1) is 13.0 Å². The Balaban J connectivity index is 2.72. The largest absolute Gasteiger partial charge is 0.466 e. The lowest BCUT2D eigenvalue weighted by Gasteiger charge is -2.08. The van der Waals surface area contributed by atoms with Crippen LogP contribution in [0.25, 0.3) is 0 Å². The van der Waals surface area contributed by atoms with Gasteiger partial charge in [-0.15, -0.1) is 0 Å². The molecule has 0 bridgehead atoms. The molecule has 0 spiro atoms. The van der Waals surface area contributed by atoms with E-state index in [9.17, 15) is 9.59 Å². The first-order valence-corrected chi connectivity index (χ1v) is 4.80. The molecule has 4 heteroatoms. The fourth-order valence-corrected chi connectivity index (χ4v) is 1.59. The smallest absolute Gasteiger partial charge is 0.333 e. The van der Waals surface area contributed by atoms with E-state index in [1.54, 1.807) is 17.9 Å². The maximum atomic E-state index is 11.6. The summed E-state index contributed by atoms with van der Waals surface area (Å²) in [6.07, 6.45) is 3.90. The minimum Gasteiger partial charge on any atom is -0.466 e. The minimum atomic E-state index is -0.389. The second-order valence-corrected chi connectivity index (χ2v) is 3.45. The molecule has 1 aliphatic rings. The van der Waals surface area contributed by atoms with Gasteiger partial charge in [0, 0.05) is 12.1 Å². The molecule has 1 fully saturated rings. The summed E-state index contributed by atoms with van der Waals surface area (Å²) in [6.45, 7) is 5.86. The molecule has 0 aromatic heterocycles. The number of rotatable bonds is 3. The third kappa shape index (κ3) is 2.46. The predicted octanol–water partition coefficient (Wildman–Crippen LogP) is 1.10. The van der Waals surface area contributed by atoms with Crippen LogP contribution in [0.4, 0.5) is 0 Å². The molecule has 1 atom stereocenters. The molecule has 1 unspecified atom stereocenters. The third-order valence-electron chi connectivity index (χ3n) is 2.46. The summed E-state index contributed by atoms with van der Waals surface area (Å²) in [6, 6.07) is 0. The Morgan fingerprint density at radius 2 is 2.33 bits per heavy atom. The van der Waals surface area contributed by atoms with E-state index in [1.807, 2.05) is 0 Å². The standard InChI is InChI=1S/C11H15NO3/c1-4-12-6-5-9(10(12)13)7-8(2)11(14)15-3/h4,7,9H,1,5-6H2,2-3H3. The van der Waals surface area contributed by atoms with Crippen LogP contribution in [0, 0.1) is 5.92 Å². The Kier molecular flexibility index (Phi) is 3.66. The molecule has 1 saturated heterocycles. The van der Waals surface area contributed by atoms with Crippen molar-refractivity contribution in [2.24, 2.45) is 5.92 Å². The molecule has 0 N–H and O–H groups in total. The SMILES string of the molecule is C=CN1CCC(C=C(C)C(=O)OC)C1=O. The maximum Gasteiger partial charge on any atom is 0.333 e. The van der Waals surface area contributed by atoms with Crippen molar-refractivity contribution in [1.82, 2.24) is 4.90 Å². The van der Waals surface area contributed by atoms with Gasteiger partial charge in [0.25, 0.3) is 0 Å². The number of amides is 1. The summed E-state index contributed by atoms with van der Waals surface area (Å²) in [5, 5.41) is 0. The summed E-state index contributed by atoms with van der Waals surface area (Å²) < 4.78 is 4.56. The average Bonchev–Trinajstić information content (AvgIpc) is 2.58. The van der Waals surface area contributed by atoms with Crippen LogP contribution in [-0.2, 0) is 14.3 Å². The number of hydrogen-bond donors (Lipinski definition) is 0. The number of ether oxygens (including phenoxy) is 1. The van der Waals surface area contributed by atoms with Crippen molar-refractivity contribution in [3.8, 4) is 0 Å². The van der Waals surface area contributed by atoms with Crippen molar-refractivity contribution in [2.45, 2.75) is 13.3 Å². The van der Waals surface area contributed by atoms with Gasteiger partial charge in [0.2, 0.25) is 5.91 Å². The van der Waals surface area contributed by atoms with E-state index in [1.165, 1.54) is 13.3 Å². The van der Waals surface area contributed by atoms with Gasteiger partial charge in [-0.1, -0.05) is 12.7 Å². The lowest BCUT2D eigenvalue weighted by atomic mass is 10.1. The molecule has 0 saturated carbocycles. The fourth-order valence-electron chi connectivity index (χ4n) is 1.59. The first kappa shape index (κ1) is 11.5. The second kappa shape index (κ2) is 4.77. The van der Waals surface area contributed by atoms with Gasteiger partial charge in [-0.25, -0.2) is 4.79 Å². The van der Waals surface area contributed by atoms with Gasteiger partial charge in [-0.2, -0.15) is 0 Å². The number of hydrogen-bond acceptors (Lipinski definition) is 3. The zero-order chi connectivity index (χ0) is 11.4. The Bertz CT molecular complexity index is 320. The predicted molar refractivity (Wildman–Crippen MR) is 55.8 cm³/mol. The molecule has 4 nitrogen and oxygen atoms in total. The van der Waals surface area contributed by atoms with Crippen LogP contribution >= 0.6 is 0 Å². The lowest BCUT2D eigenvalue weighted by Crippen LogP contribution is -2.21. The van der Waals surface area contributed by atoms with E-state index in [4.69, 9.17) is 0 Å². The zero-order valence-electron chi connectivity index (χ0n) is 9.03. The highest BCUT2D eigenvalue weighted by atomic mass is 16.5. The molecule has 1 aliphatic heterocycles. The minimum absolute atomic E-state index is 0.00625. The van der Waals surface area contributed by atoms with E-state index in [0.29, 0.717) is 12.1 Å². The van der Waals surface area contributed by atoms with Crippen LogP contribution in [0.5, 0.6) is 0 Å². The number of nitrogens with zero attached hydrogens (tertiary/aromatic N) is 1. The Morgan fingerprint density at radius 1 is 1.67 bits per heavy atom. The summed E-state index contributed by atoms with van der Waals surface area (Å²) in [7, 11) is 1.33. The highest BCUT2D eigenvalue weighted by Crippen LogP contribution is 2.20. The fraction of sp³-hybridized carbons (Fsp3) is 0.455. The van der Waals surface area contributed by atoms with Gasteiger partial charge >= 0.3 is 5.97 Å². The van der Waals surface area contributed by atoms with Gasteiger partial charge in [0.1, 0.15) is 0 Å². The molecule has 0 aromatic rings. The van der Waals surface area contributed by atoms with Crippen LogP contribution < -0.4 is 0 Å². The van der Waals surface area contributed by atoms with Crippen molar-refractivity contribution in [2.75, 3.05) is 13.7 Å². The van der Waals surface area contributed by atoms with Gasteiger partial charge in [-0.05, 0) is 19.5 Å². The van der Waals surface area contributed by atoms with Gasteiger partial charge in [-0.3, -0.25) is 4.79 Å². The number of carbonyl (C=O) groups excluding carboxylic acids is 2. The maximum absolute atomic E-state index is 11.6. The summed E-state index contributed by atoms with van der Waals surface area (Å²) in [5.41, 5.74) is 0.474. The van der Waals surface area contributed by atoms with Crippen LogP contribution in [0.2, 0.25) is 0 Å². The first-order chi connectivity index (χ1) is 7.10. The van der Waals surface area contributed by atoms with Crippen molar-refractivity contribution >= 4 is 11.9 Å². The Labute approximate surface area is 89.2 Å². The van der Waals surface area contributed by atoms with Crippen molar-refractivity contribution in [3.05, 3.63) is 24.4 Å². The highest BCUT2D eigenvalue weighted by Gasteiger charge is 2.28. The van der Waals surface area contributed by atoms with Crippen molar-refractivity contribution in [1.29, 1.82) is 0 Å². The number of likely N-dealkylation sites (tertiary alicyclic amines) is 1. The Morgan fingerprint density at radius 3 is 2.80 bits per heavy atom. The second-order valence-electron chi connectivity index (χ2n) is 3.45. The van der Waals surface area contributed by atoms with Crippen LogP contribution in [0.1, 0.15) is 13.3 Å². The molecule has 1 amide bonds. The van der Waals surface area contributed by atoms with Crippen LogP contribution in [0.15, 0.2) is 24.4 Å². The van der Waals surface area contributed by atoms with Gasteiger partial charge < -0.3 is 9.64 Å². The molecule has 1 rings (SSSR count). The van der Waals surface area contributed by atoms with E-state index < -0.39 is 0 Å². The van der Waals surface area contributed by atoms with E-state index >= 15 is 0 Å². The zero-order valence-corrected chi connectivity index (χ0v) is 9.03. The monoisotopic (exact) mass is 209 g/mol. The van der Waals surface area contributed by atoms with Crippen LogP contribution in [-0.4, -0.2) is 30.4 Å². The van der Waals surface area contributed by atoms with Crippen molar-refractivity contribution < 1.29 is 14.3 Å². The van der Waals surface area contributed by atoms with Crippen LogP contribution in [0.3, 0.4) is 0 Å². The average molecular weight is 209 g/mol. The molecular formula is C11H15NO3. The first-order valence-electron chi connectivity index (χ1n) is 4.80. The van der Waals surface area contributed by atoms with Crippen molar-refractivity contribution in [3.63, 3.8) is 0 Å². The summed E-state index contributed by atoms with van der Waals surface area (Å²) >= 11 is 0. The summed E-state index contributed by atoms with van der Waals surface area (Å²) in [4.78, 5) is 24.3. The molecule has 0 radical (unpaired) electrons. The number of esters is 1. The summed E-state index contributed by atoms with van der Waals surface area (Å²) in [5.74, 6) is -0.616. The van der Waals surface area contributed by atoms with E-state index in [-0.39, 0.29) is 17.8 Å². The molecule has 15 heavy (non-hydrogen) atoms. The van der Waals surface area contributed by atoms with E-state index in [0.717, 1.165) is 6.42 Å². The number of methoxy groups -OCH3 is 1. The Hall–Kier alpha value is -1.58. The molecule has 0 aliphatic carbocycles. The van der Waals surface area contributed by atoms with Gasteiger partial charge in [0.15, 0.2) is 0 Å².